The molecular weight excluding hydrogens is 306 g/mol. The quantitative estimate of drug-likeness (QED) is 0.632. The van der Waals surface area contributed by atoms with E-state index < -0.39 is 0 Å². The van der Waals surface area contributed by atoms with Crippen LogP contribution in [0.4, 0.5) is 0 Å². The lowest BCUT2D eigenvalue weighted by atomic mass is 9.96. The maximum atomic E-state index is 6.01. The first-order valence-corrected chi connectivity index (χ1v) is 8.59. The Morgan fingerprint density at radius 2 is 1.94 bits per heavy atom. The van der Waals surface area contributed by atoms with Gasteiger partial charge in [0.2, 0.25) is 0 Å². The van der Waals surface area contributed by atoms with Gasteiger partial charge in [-0.25, -0.2) is 0 Å². The number of benzene rings is 1. The second-order valence-electron chi connectivity index (χ2n) is 5.10. The van der Waals surface area contributed by atoms with Crippen LogP contribution in [0.15, 0.2) is 33.6 Å². The van der Waals surface area contributed by atoms with Crippen LogP contribution in [0.1, 0.15) is 38.5 Å². The minimum Gasteiger partial charge on any atom is -0.329 e. The third-order valence-corrected chi connectivity index (χ3v) is 5.64. The molecule has 0 aromatic heterocycles. The average Bonchev–Trinajstić information content (AvgIpc) is 2.65. The molecule has 2 rings (SSSR count). The van der Waals surface area contributed by atoms with Gasteiger partial charge in [0, 0.05) is 21.2 Å². The molecule has 0 radical (unpaired) electrons. The van der Waals surface area contributed by atoms with Gasteiger partial charge in [-0.2, -0.15) is 0 Å². The van der Waals surface area contributed by atoms with E-state index in [1.54, 1.807) is 0 Å². The van der Waals surface area contributed by atoms with Crippen molar-refractivity contribution < 1.29 is 0 Å². The van der Waals surface area contributed by atoms with E-state index in [0.29, 0.717) is 5.25 Å². The topological polar surface area (TPSA) is 26.0 Å². The number of hydrogen-bond donors (Lipinski definition) is 1. The zero-order valence-corrected chi connectivity index (χ0v) is 13.2. The molecule has 100 valence electrons. The van der Waals surface area contributed by atoms with Crippen LogP contribution in [0.25, 0.3) is 0 Å². The van der Waals surface area contributed by atoms with E-state index in [0.717, 1.165) is 16.9 Å². The molecule has 1 fully saturated rings. The molecule has 3 heteroatoms. The highest BCUT2D eigenvalue weighted by Gasteiger charge is 2.22. The summed E-state index contributed by atoms with van der Waals surface area (Å²) in [7, 11) is 0. The Bertz CT molecular complexity index is 361. The molecule has 0 bridgehead atoms. The molecule has 0 saturated heterocycles. The first-order chi connectivity index (χ1) is 8.79. The van der Waals surface area contributed by atoms with Crippen molar-refractivity contribution in [3.63, 3.8) is 0 Å². The lowest BCUT2D eigenvalue weighted by Gasteiger charge is -2.24. The summed E-state index contributed by atoms with van der Waals surface area (Å²) in [5.41, 5.74) is 6.01. The van der Waals surface area contributed by atoms with E-state index in [1.165, 1.54) is 43.4 Å². The van der Waals surface area contributed by atoms with Gasteiger partial charge in [0.05, 0.1) is 0 Å². The summed E-state index contributed by atoms with van der Waals surface area (Å²) in [5, 5.41) is 0.581. The van der Waals surface area contributed by atoms with E-state index >= 15 is 0 Å². The fourth-order valence-electron chi connectivity index (χ4n) is 2.73. The highest BCUT2D eigenvalue weighted by atomic mass is 79.9. The minimum atomic E-state index is 0.581. The zero-order valence-electron chi connectivity index (χ0n) is 10.8. The molecule has 1 atom stereocenters. The third-order valence-electron chi connectivity index (χ3n) is 3.74. The maximum Gasteiger partial charge on any atom is 0.0245 e. The highest BCUT2D eigenvalue weighted by molar-refractivity contribution is 9.10. The van der Waals surface area contributed by atoms with Gasteiger partial charge >= 0.3 is 0 Å². The minimum absolute atomic E-state index is 0.581. The largest absolute Gasteiger partial charge is 0.329 e. The molecule has 1 aromatic carbocycles. The summed E-state index contributed by atoms with van der Waals surface area (Å²) in [4.78, 5) is 1.34. The van der Waals surface area contributed by atoms with Crippen molar-refractivity contribution in [1.29, 1.82) is 0 Å². The molecule has 0 amide bonds. The number of hydrogen-bond acceptors (Lipinski definition) is 2. The predicted octanol–water partition coefficient (Wildman–Crippen LogP) is 4.84. The van der Waals surface area contributed by atoms with Crippen molar-refractivity contribution in [3.05, 3.63) is 28.7 Å². The molecular formula is C15H22BrNS. The zero-order chi connectivity index (χ0) is 12.8. The molecule has 2 N–H and O–H groups in total. The summed E-state index contributed by atoms with van der Waals surface area (Å²) >= 11 is 5.50. The molecule has 1 aliphatic carbocycles. The SMILES string of the molecule is NCC(Sc1cccc(Br)c1)C1CCCCCC1. The monoisotopic (exact) mass is 327 g/mol. The summed E-state index contributed by atoms with van der Waals surface area (Å²) in [6, 6.07) is 8.57. The van der Waals surface area contributed by atoms with E-state index in [4.69, 9.17) is 5.73 Å². The summed E-state index contributed by atoms with van der Waals surface area (Å²) in [6.07, 6.45) is 8.33. The molecule has 0 aliphatic heterocycles. The van der Waals surface area contributed by atoms with E-state index in [1.807, 2.05) is 11.8 Å². The number of halogens is 1. The predicted molar refractivity (Wildman–Crippen MR) is 84.0 cm³/mol. The summed E-state index contributed by atoms with van der Waals surface area (Å²) < 4.78 is 1.16. The van der Waals surface area contributed by atoms with Crippen molar-refractivity contribution in [3.8, 4) is 0 Å². The van der Waals surface area contributed by atoms with Crippen LogP contribution in [0.2, 0.25) is 0 Å². The molecule has 1 saturated carbocycles. The summed E-state index contributed by atoms with van der Waals surface area (Å²) in [6.45, 7) is 0.793. The van der Waals surface area contributed by atoms with Crippen LogP contribution >= 0.6 is 27.7 Å². The van der Waals surface area contributed by atoms with Crippen molar-refractivity contribution in [1.82, 2.24) is 0 Å². The average molecular weight is 328 g/mol. The van der Waals surface area contributed by atoms with E-state index in [2.05, 4.69) is 40.2 Å². The second-order valence-corrected chi connectivity index (χ2v) is 7.33. The van der Waals surface area contributed by atoms with Crippen molar-refractivity contribution >= 4 is 27.7 Å². The van der Waals surface area contributed by atoms with E-state index in [-0.39, 0.29) is 0 Å². The molecule has 1 nitrogen and oxygen atoms in total. The van der Waals surface area contributed by atoms with Gasteiger partial charge in [-0.1, -0.05) is 47.7 Å². The second kappa shape index (κ2) is 7.56. The Morgan fingerprint density at radius 3 is 2.56 bits per heavy atom. The Kier molecular flexibility index (Phi) is 6.06. The molecule has 1 unspecified atom stereocenters. The maximum absolute atomic E-state index is 6.01. The van der Waals surface area contributed by atoms with Gasteiger partial charge in [0.15, 0.2) is 0 Å². The standard InChI is InChI=1S/C15H22BrNS/c16-13-8-5-9-14(10-13)18-15(11-17)12-6-3-1-2-4-7-12/h5,8-10,12,15H,1-4,6-7,11,17H2. The van der Waals surface area contributed by atoms with Gasteiger partial charge in [-0.15, -0.1) is 11.8 Å². The lowest BCUT2D eigenvalue weighted by molar-refractivity contribution is 0.445. The Morgan fingerprint density at radius 1 is 1.22 bits per heavy atom. The molecule has 1 aliphatic rings. The Balaban J connectivity index is 1.99. The van der Waals surface area contributed by atoms with Gasteiger partial charge < -0.3 is 5.73 Å². The third kappa shape index (κ3) is 4.29. The fraction of sp³-hybridized carbons (Fsp3) is 0.600. The Labute approximate surface area is 123 Å². The van der Waals surface area contributed by atoms with Crippen molar-refractivity contribution in [2.75, 3.05) is 6.54 Å². The van der Waals surface area contributed by atoms with Crippen LogP contribution < -0.4 is 5.73 Å². The summed E-state index contributed by atoms with van der Waals surface area (Å²) in [5.74, 6) is 0.807. The van der Waals surface area contributed by atoms with Gasteiger partial charge in [0.25, 0.3) is 0 Å². The van der Waals surface area contributed by atoms with Crippen LogP contribution in [-0.2, 0) is 0 Å². The van der Waals surface area contributed by atoms with Crippen LogP contribution in [0, 0.1) is 5.92 Å². The molecule has 0 heterocycles. The molecule has 18 heavy (non-hydrogen) atoms. The van der Waals surface area contributed by atoms with Crippen LogP contribution in [0.3, 0.4) is 0 Å². The van der Waals surface area contributed by atoms with Crippen LogP contribution in [0.5, 0.6) is 0 Å². The molecule has 1 aromatic rings. The highest BCUT2D eigenvalue weighted by Crippen LogP contribution is 2.35. The number of thioether (sulfide) groups is 1. The normalized spacial score (nSPS) is 19.4. The first kappa shape index (κ1) is 14.4. The Hall–Kier alpha value is 0.01000. The van der Waals surface area contributed by atoms with Gasteiger partial charge in [-0.05, 0) is 37.0 Å². The van der Waals surface area contributed by atoms with E-state index in [9.17, 15) is 0 Å². The smallest absolute Gasteiger partial charge is 0.0245 e. The van der Waals surface area contributed by atoms with Crippen LogP contribution in [-0.4, -0.2) is 11.8 Å². The van der Waals surface area contributed by atoms with Crippen molar-refractivity contribution in [2.24, 2.45) is 11.7 Å². The van der Waals surface area contributed by atoms with Gasteiger partial charge in [0.1, 0.15) is 0 Å². The lowest BCUT2D eigenvalue weighted by Crippen LogP contribution is -2.26. The van der Waals surface area contributed by atoms with Crippen molar-refractivity contribution in [2.45, 2.75) is 48.7 Å². The fourth-order valence-corrected chi connectivity index (χ4v) is 4.55. The number of rotatable bonds is 4. The van der Waals surface area contributed by atoms with Gasteiger partial charge in [-0.3, -0.25) is 0 Å². The first-order valence-electron chi connectivity index (χ1n) is 6.92. The number of nitrogens with two attached hydrogens (primary N) is 1. The molecule has 0 spiro atoms.